The van der Waals surface area contributed by atoms with Crippen LogP contribution in [-0.4, -0.2) is 38.5 Å². The topological polar surface area (TPSA) is 24.1 Å². The highest BCUT2D eigenvalue weighted by Crippen LogP contribution is 2.16. The SMILES string of the molecule is Cl.FC(F)C1CNC1.FC1(F)CNC1. The summed E-state index contributed by atoms with van der Waals surface area (Å²) in [5.74, 6) is -2.75. The van der Waals surface area contributed by atoms with Crippen LogP contribution in [-0.2, 0) is 0 Å². The summed E-state index contributed by atoms with van der Waals surface area (Å²) in [7, 11) is 0. The second-order valence-electron chi connectivity index (χ2n) is 3.21. The molecule has 0 bridgehead atoms. The first-order valence-electron chi connectivity index (χ1n) is 4.09. The molecule has 14 heavy (non-hydrogen) atoms. The van der Waals surface area contributed by atoms with Gasteiger partial charge in [-0.3, -0.25) is 0 Å². The largest absolute Gasteiger partial charge is 0.316 e. The monoisotopic (exact) mass is 236 g/mol. The van der Waals surface area contributed by atoms with Crippen molar-refractivity contribution >= 4 is 12.4 Å². The van der Waals surface area contributed by atoms with Crippen molar-refractivity contribution in [2.24, 2.45) is 5.92 Å². The quantitative estimate of drug-likeness (QED) is 0.667. The summed E-state index contributed by atoms with van der Waals surface area (Å²) in [6.45, 7) is 0.731. The fraction of sp³-hybridized carbons (Fsp3) is 1.00. The molecular weight excluding hydrogens is 224 g/mol. The molecule has 2 rings (SSSR count). The highest BCUT2D eigenvalue weighted by molar-refractivity contribution is 5.85. The number of alkyl halides is 4. The minimum Gasteiger partial charge on any atom is -0.316 e. The van der Waals surface area contributed by atoms with E-state index in [-0.39, 0.29) is 31.4 Å². The summed E-state index contributed by atoms with van der Waals surface area (Å²) in [5.41, 5.74) is 0. The summed E-state index contributed by atoms with van der Waals surface area (Å²) < 4.78 is 45.8. The second kappa shape index (κ2) is 5.72. The number of halogens is 5. The first-order valence-corrected chi connectivity index (χ1v) is 4.09. The molecular formula is C7H13ClF4N2. The minimum absolute atomic E-state index is 0. The summed E-state index contributed by atoms with van der Waals surface area (Å²) in [6.07, 6.45) is -2.11. The third-order valence-electron chi connectivity index (χ3n) is 1.94. The third kappa shape index (κ3) is 4.43. The van der Waals surface area contributed by atoms with Crippen molar-refractivity contribution in [3.8, 4) is 0 Å². The fourth-order valence-corrected chi connectivity index (χ4v) is 0.803. The van der Waals surface area contributed by atoms with Gasteiger partial charge in [0.15, 0.2) is 0 Å². The molecule has 0 aromatic heterocycles. The van der Waals surface area contributed by atoms with Gasteiger partial charge in [0, 0.05) is 19.0 Å². The predicted molar refractivity (Wildman–Crippen MR) is 47.4 cm³/mol. The molecule has 0 amide bonds. The van der Waals surface area contributed by atoms with Crippen LogP contribution >= 0.6 is 12.4 Å². The maximum atomic E-state index is 11.5. The van der Waals surface area contributed by atoms with E-state index in [2.05, 4.69) is 10.6 Å². The van der Waals surface area contributed by atoms with Crippen molar-refractivity contribution in [2.75, 3.05) is 26.2 Å². The lowest BCUT2D eigenvalue weighted by Gasteiger charge is -2.25. The van der Waals surface area contributed by atoms with Crippen LogP contribution in [0.2, 0.25) is 0 Å². The average Bonchev–Trinajstić information content (AvgIpc) is 1.80. The van der Waals surface area contributed by atoms with E-state index in [9.17, 15) is 17.6 Å². The zero-order valence-corrected chi connectivity index (χ0v) is 8.22. The molecule has 0 aliphatic carbocycles. The van der Waals surface area contributed by atoms with Gasteiger partial charge in [0.25, 0.3) is 5.92 Å². The van der Waals surface area contributed by atoms with E-state index in [4.69, 9.17) is 0 Å². The number of hydrogen-bond donors (Lipinski definition) is 2. The molecule has 2 saturated heterocycles. The van der Waals surface area contributed by atoms with Gasteiger partial charge in [0.2, 0.25) is 6.43 Å². The molecule has 7 heteroatoms. The summed E-state index contributed by atoms with van der Waals surface area (Å²) in [5, 5.41) is 5.21. The Labute approximate surface area is 85.8 Å². The number of rotatable bonds is 1. The molecule has 0 saturated carbocycles. The number of nitrogens with one attached hydrogen (secondary N) is 2. The van der Waals surface area contributed by atoms with Gasteiger partial charge >= 0.3 is 0 Å². The van der Waals surface area contributed by atoms with Gasteiger partial charge in [0.1, 0.15) is 0 Å². The number of hydrogen-bond acceptors (Lipinski definition) is 2. The van der Waals surface area contributed by atoms with Crippen LogP contribution in [0.4, 0.5) is 17.6 Å². The Hall–Kier alpha value is -0.0700. The fourth-order valence-electron chi connectivity index (χ4n) is 0.803. The Morgan fingerprint density at radius 2 is 1.50 bits per heavy atom. The zero-order chi connectivity index (χ0) is 9.90. The van der Waals surface area contributed by atoms with Crippen molar-refractivity contribution in [1.29, 1.82) is 0 Å². The molecule has 0 spiro atoms. The Morgan fingerprint density at radius 3 is 1.50 bits per heavy atom. The normalized spacial score (nSPS) is 23.8. The highest BCUT2D eigenvalue weighted by atomic mass is 35.5. The van der Waals surface area contributed by atoms with Crippen molar-refractivity contribution in [3.05, 3.63) is 0 Å². The smallest absolute Gasteiger partial charge is 0.272 e. The molecule has 0 aromatic rings. The molecule has 2 aliphatic rings. The molecule has 2 nitrogen and oxygen atoms in total. The molecule has 2 heterocycles. The van der Waals surface area contributed by atoms with Gasteiger partial charge < -0.3 is 10.6 Å². The van der Waals surface area contributed by atoms with Gasteiger partial charge in [-0.1, -0.05) is 0 Å². The van der Waals surface area contributed by atoms with Crippen LogP contribution in [0.25, 0.3) is 0 Å². The van der Waals surface area contributed by atoms with Crippen LogP contribution in [0.15, 0.2) is 0 Å². The van der Waals surface area contributed by atoms with E-state index in [1.54, 1.807) is 0 Å². The van der Waals surface area contributed by atoms with E-state index >= 15 is 0 Å². The van der Waals surface area contributed by atoms with Crippen molar-refractivity contribution < 1.29 is 17.6 Å². The average molecular weight is 237 g/mol. The van der Waals surface area contributed by atoms with Gasteiger partial charge in [-0.2, -0.15) is 0 Å². The third-order valence-corrected chi connectivity index (χ3v) is 1.94. The molecule has 2 aliphatic heterocycles. The Morgan fingerprint density at radius 1 is 1.07 bits per heavy atom. The van der Waals surface area contributed by atoms with Crippen molar-refractivity contribution in [2.45, 2.75) is 12.3 Å². The van der Waals surface area contributed by atoms with Gasteiger partial charge in [0.05, 0.1) is 13.1 Å². The van der Waals surface area contributed by atoms with Crippen LogP contribution < -0.4 is 10.6 Å². The molecule has 0 radical (unpaired) electrons. The lowest BCUT2D eigenvalue weighted by molar-refractivity contribution is -0.0475. The lowest BCUT2D eigenvalue weighted by atomic mass is 10.1. The summed E-state index contributed by atoms with van der Waals surface area (Å²) in [6, 6.07) is 0. The minimum atomic E-state index is -2.39. The van der Waals surface area contributed by atoms with Crippen LogP contribution in [0.1, 0.15) is 0 Å². The second-order valence-corrected chi connectivity index (χ2v) is 3.21. The van der Waals surface area contributed by atoms with Gasteiger partial charge in [-0.15, -0.1) is 12.4 Å². The van der Waals surface area contributed by atoms with E-state index in [0.717, 1.165) is 0 Å². The molecule has 0 unspecified atom stereocenters. The molecule has 86 valence electrons. The highest BCUT2D eigenvalue weighted by Gasteiger charge is 2.36. The van der Waals surface area contributed by atoms with E-state index < -0.39 is 12.3 Å². The van der Waals surface area contributed by atoms with Crippen LogP contribution in [0.3, 0.4) is 0 Å². The van der Waals surface area contributed by atoms with E-state index in [0.29, 0.717) is 13.1 Å². The van der Waals surface area contributed by atoms with Crippen molar-refractivity contribution in [3.63, 3.8) is 0 Å². The summed E-state index contributed by atoms with van der Waals surface area (Å²) in [4.78, 5) is 0. The van der Waals surface area contributed by atoms with Crippen LogP contribution in [0, 0.1) is 5.92 Å². The maximum Gasteiger partial charge on any atom is 0.272 e. The lowest BCUT2D eigenvalue weighted by Crippen LogP contribution is -2.52. The van der Waals surface area contributed by atoms with Crippen LogP contribution in [0.5, 0.6) is 0 Å². The predicted octanol–water partition coefficient (Wildman–Crippen LogP) is 1.12. The molecule has 2 N–H and O–H groups in total. The first kappa shape index (κ1) is 13.9. The maximum absolute atomic E-state index is 11.5. The van der Waals surface area contributed by atoms with E-state index in [1.165, 1.54) is 0 Å². The van der Waals surface area contributed by atoms with Gasteiger partial charge in [-0.25, -0.2) is 17.6 Å². The summed E-state index contributed by atoms with van der Waals surface area (Å²) >= 11 is 0. The Kier molecular flexibility index (Phi) is 5.70. The Balaban J connectivity index is 0.000000227. The van der Waals surface area contributed by atoms with E-state index in [1.807, 2.05) is 0 Å². The molecule has 0 aromatic carbocycles. The molecule has 0 atom stereocenters. The standard InChI is InChI=1S/C4H7F2N.C3H5F2N.ClH/c5-4(6)3-1-7-2-3;4-3(5)1-6-2-3;/h3-4,7H,1-2H2;6H,1-2H2;1H. The Bertz CT molecular complexity index is 158. The van der Waals surface area contributed by atoms with Gasteiger partial charge in [-0.05, 0) is 0 Å². The zero-order valence-electron chi connectivity index (χ0n) is 7.40. The first-order chi connectivity index (χ1) is 6.01. The van der Waals surface area contributed by atoms with Crippen molar-refractivity contribution in [1.82, 2.24) is 10.6 Å². The molecule has 2 fully saturated rings.